The van der Waals surface area contributed by atoms with Crippen molar-refractivity contribution in [3.8, 4) is 33.6 Å². The van der Waals surface area contributed by atoms with Crippen molar-refractivity contribution >= 4 is 44.4 Å². The number of allylic oxidation sites excluding steroid dienone is 2. The molecule has 2 aromatic heterocycles. The smallest absolute Gasteiger partial charge is 0.0541 e. The van der Waals surface area contributed by atoms with E-state index in [1.165, 1.54) is 66.2 Å². The summed E-state index contributed by atoms with van der Waals surface area (Å²) in [6.07, 6.45) is 4.30. The maximum atomic E-state index is 4.29. The number of para-hydroxylation sites is 2. The van der Waals surface area contributed by atoms with Crippen LogP contribution < -0.4 is 0 Å². The molecular formula is C49H36N2. The molecule has 9 aromatic rings. The first-order valence-electron chi connectivity index (χ1n) is 17.5. The second-order valence-electron chi connectivity index (χ2n) is 13.1. The molecule has 0 radical (unpaired) electrons. The van der Waals surface area contributed by atoms with Crippen molar-refractivity contribution in [2.75, 3.05) is 0 Å². The molecule has 0 aliphatic carbocycles. The predicted molar refractivity (Wildman–Crippen MR) is 218 cm³/mol. The summed E-state index contributed by atoms with van der Waals surface area (Å²) in [4.78, 5) is 0. The molecule has 0 saturated heterocycles. The zero-order chi connectivity index (χ0) is 34.3. The highest BCUT2D eigenvalue weighted by Crippen LogP contribution is 2.37. The van der Waals surface area contributed by atoms with E-state index in [0.29, 0.717) is 0 Å². The van der Waals surface area contributed by atoms with Crippen LogP contribution >= 0.6 is 0 Å². The van der Waals surface area contributed by atoms with Gasteiger partial charge in [-0.3, -0.25) is 0 Å². The van der Waals surface area contributed by atoms with Crippen molar-refractivity contribution in [1.29, 1.82) is 0 Å². The Balaban J connectivity index is 1.14. The molecule has 2 heteroatoms. The molecule has 0 saturated carbocycles. The maximum Gasteiger partial charge on any atom is 0.0541 e. The van der Waals surface area contributed by atoms with Crippen molar-refractivity contribution in [2.24, 2.45) is 0 Å². The van der Waals surface area contributed by atoms with Crippen LogP contribution in [0, 0.1) is 6.92 Å². The molecule has 0 aliphatic rings. The fourth-order valence-electron chi connectivity index (χ4n) is 7.62. The number of benzene rings is 7. The number of rotatable bonds is 7. The quantitative estimate of drug-likeness (QED) is 0.152. The van der Waals surface area contributed by atoms with E-state index in [9.17, 15) is 0 Å². The minimum atomic E-state index is 1.09. The Morgan fingerprint density at radius 3 is 1.51 bits per heavy atom. The van der Waals surface area contributed by atoms with Gasteiger partial charge >= 0.3 is 0 Å². The Kier molecular flexibility index (Phi) is 7.56. The lowest BCUT2D eigenvalue weighted by molar-refractivity contribution is 1.05. The molecule has 242 valence electrons. The Morgan fingerprint density at radius 1 is 0.451 bits per heavy atom. The highest BCUT2D eigenvalue weighted by atomic mass is 15.0. The maximum absolute atomic E-state index is 4.29. The largest absolute Gasteiger partial charge is 0.313 e. The fraction of sp³-hybridized carbons (Fsp3) is 0.0204. The molecule has 0 aliphatic heterocycles. The first-order valence-corrected chi connectivity index (χ1v) is 17.5. The van der Waals surface area contributed by atoms with Gasteiger partial charge in [-0.2, -0.15) is 0 Å². The second kappa shape index (κ2) is 12.7. The van der Waals surface area contributed by atoms with Crippen LogP contribution in [0.4, 0.5) is 0 Å². The van der Waals surface area contributed by atoms with Gasteiger partial charge in [-0.1, -0.05) is 140 Å². The number of fused-ring (bicyclic) bond motifs is 4. The van der Waals surface area contributed by atoms with Crippen LogP contribution in [0.15, 0.2) is 189 Å². The van der Waals surface area contributed by atoms with Gasteiger partial charge in [-0.05, 0) is 94.9 Å². The molecule has 2 nitrogen and oxygen atoms in total. The molecule has 51 heavy (non-hydrogen) atoms. The Hall–Kier alpha value is -6.64. The van der Waals surface area contributed by atoms with Gasteiger partial charge in [0.1, 0.15) is 0 Å². The minimum Gasteiger partial charge on any atom is -0.313 e. The Labute approximate surface area is 298 Å². The van der Waals surface area contributed by atoms with E-state index >= 15 is 0 Å². The molecule has 0 unspecified atom stereocenters. The van der Waals surface area contributed by atoms with Gasteiger partial charge in [-0.25, -0.2) is 0 Å². The average molecular weight is 653 g/mol. The summed E-state index contributed by atoms with van der Waals surface area (Å²) in [6.45, 7) is 6.51. The van der Waals surface area contributed by atoms with Gasteiger partial charge in [-0.15, -0.1) is 0 Å². The molecule has 0 atom stereocenters. The SMILES string of the molecule is C=C/C(=C\c1c(C)n(-c2ccc(-c3ccccc3)cc2)c2ccccc12)c1ccc2c(c1)c1ccccc1n2-c1ccc(-c2ccccc2)cc1. The minimum absolute atomic E-state index is 1.09. The van der Waals surface area contributed by atoms with Crippen LogP contribution in [0.5, 0.6) is 0 Å². The van der Waals surface area contributed by atoms with E-state index in [-0.39, 0.29) is 0 Å². The Morgan fingerprint density at radius 2 is 0.922 bits per heavy atom. The molecular weight excluding hydrogens is 617 g/mol. The van der Waals surface area contributed by atoms with Crippen molar-refractivity contribution in [1.82, 2.24) is 9.13 Å². The van der Waals surface area contributed by atoms with Crippen molar-refractivity contribution < 1.29 is 0 Å². The summed E-state index contributed by atoms with van der Waals surface area (Å²) < 4.78 is 4.75. The summed E-state index contributed by atoms with van der Waals surface area (Å²) >= 11 is 0. The topological polar surface area (TPSA) is 9.86 Å². The van der Waals surface area contributed by atoms with Gasteiger partial charge in [0.05, 0.1) is 16.6 Å². The lowest BCUT2D eigenvalue weighted by atomic mass is 9.99. The van der Waals surface area contributed by atoms with Gasteiger partial charge in [0.2, 0.25) is 0 Å². The number of aromatic nitrogens is 2. The third-order valence-electron chi connectivity index (χ3n) is 10.2. The third kappa shape index (κ3) is 5.29. The van der Waals surface area contributed by atoms with E-state index in [4.69, 9.17) is 0 Å². The van der Waals surface area contributed by atoms with E-state index in [1.54, 1.807) is 0 Å². The predicted octanol–water partition coefficient (Wildman–Crippen LogP) is 13.1. The molecule has 0 spiro atoms. The van der Waals surface area contributed by atoms with E-state index in [0.717, 1.165) is 22.5 Å². The normalized spacial score (nSPS) is 11.8. The lowest BCUT2D eigenvalue weighted by Gasteiger charge is -2.11. The summed E-state index contributed by atoms with van der Waals surface area (Å²) in [5.41, 5.74) is 15.4. The fourth-order valence-corrected chi connectivity index (χ4v) is 7.62. The van der Waals surface area contributed by atoms with Gasteiger partial charge in [0.15, 0.2) is 0 Å². The Bertz CT molecular complexity index is 2720. The molecule has 7 aromatic carbocycles. The molecule has 2 heterocycles. The van der Waals surface area contributed by atoms with Gasteiger partial charge in [0, 0.05) is 38.8 Å². The van der Waals surface area contributed by atoms with Gasteiger partial charge < -0.3 is 9.13 Å². The molecule has 0 amide bonds. The van der Waals surface area contributed by atoms with Crippen LogP contribution in [-0.2, 0) is 0 Å². The van der Waals surface area contributed by atoms with E-state index in [2.05, 4.69) is 205 Å². The van der Waals surface area contributed by atoms with Crippen LogP contribution in [0.25, 0.3) is 78.0 Å². The summed E-state index contributed by atoms with van der Waals surface area (Å²) in [7, 11) is 0. The average Bonchev–Trinajstić information content (AvgIpc) is 3.68. The molecule has 9 rings (SSSR count). The highest BCUT2D eigenvalue weighted by Gasteiger charge is 2.17. The number of hydrogen-bond donors (Lipinski definition) is 0. The summed E-state index contributed by atoms with van der Waals surface area (Å²) in [5.74, 6) is 0. The molecule has 0 bridgehead atoms. The standard InChI is InChI=1S/C49H36N2/c1-3-35(32-45-34(2)50(47-20-12-10-18-43(45)47)41-27-22-38(23-28-41)36-14-6-4-7-15-36)40-26-31-49-46(33-40)44-19-11-13-21-48(44)51(49)42-29-24-39(25-30-42)37-16-8-5-9-17-37/h3-33H,1H2,2H3/b35-32+. The van der Waals surface area contributed by atoms with Crippen molar-refractivity contribution in [3.63, 3.8) is 0 Å². The van der Waals surface area contributed by atoms with E-state index in [1.807, 2.05) is 6.08 Å². The second-order valence-corrected chi connectivity index (χ2v) is 13.1. The highest BCUT2D eigenvalue weighted by molar-refractivity contribution is 6.11. The van der Waals surface area contributed by atoms with E-state index < -0.39 is 0 Å². The lowest BCUT2D eigenvalue weighted by Crippen LogP contribution is -1.96. The zero-order valence-electron chi connectivity index (χ0n) is 28.5. The van der Waals surface area contributed by atoms with Crippen LogP contribution in [0.1, 0.15) is 16.8 Å². The number of hydrogen-bond acceptors (Lipinski definition) is 0. The summed E-state index contributed by atoms with van der Waals surface area (Å²) in [6, 6.07) is 63.1. The van der Waals surface area contributed by atoms with Crippen LogP contribution in [0.2, 0.25) is 0 Å². The van der Waals surface area contributed by atoms with Crippen molar-refractivity contribution in [3.05, 3.63) is 205 Å². The summed E-state index contributed by atoms with van der Waals surface area (Å²) in [5, 5.41) is 3.68. The molecule has 0 fully saturated rings. The zero-order valence-corrected chi connectivity index (χ0v) is 28.5. The van der Waals surface area contributed by atoms with Crippen LogP contribution in [0.3, 0.4) is 0 Å². The first kappa shape index (κ1) is 30.4. The van der Waals surface area contributed by atoms with Gasteiger partial charge in [0.25, 0.3) is 0 Å². The molecule has 0 N–H and O–H groups in total. The third-order valence-corrected chi connectivity index (χ3v) is 10.2. The first-order chi connectivity index (χ1) is 25.2. The monoisotopic (exact) mass is 652 g/mol. The number of nitrogens with zero attached hydrogens (tertiary/aromatic N) is 2. The van der Waals surface area contributed by atoms with Crippen molar-refractivity contribution in [2.45, 2.75) is 6.92 Å². The van der Waals surface area contributed by atoms with Crippen LogP contribution in [-0.4, -0.2) is 9.13 Å².